The number of nitrogens with zero attached hydrogens (tertiary/aromatic N) is 3. The zero-order chi connectivity index (χ0) is 20.4. The molecule has 28 heavy (non-hydrogen) atoms. The van der Waals surface area contributed by atoms with E-state index in [1.807, 2.05) is 6.92 Å². The lowest BCUT2D eigenvalue weighted by Gasteiger charge is -2.10. The van der Waals surface area contributed by atoms with Crippen molar-refractivity contribution in [2.45, 2.75) is 20.8 Å². The third kappa shape index (κ3) is 5.77. The number of pyridine rings is 2. The molecule has 7 heteroatoms. The zero-order valence-corrected chi connectivity index (χ0v) is 16.2. The molecule has 0 unspecified atom stereocenters. The second-order valence-corrected chi connectivity index (χ2v) is 5.42. The van der Waals surface area contributed by atoms with Crippen molar-refractivity contribution in [2.24, 2.45) is 4.99 Å². The van der Waals surface area contributed by atoms with Gasteiger partial charge in [-0.25, -0.2) is 9.78 Å². The lowest BCUT2D eigenvalue weighted by atomic mass is 10.2. The Labute approximate surface area is 164 Å². The lowest BCUT2D eigenvalue weighted by molar-refractivity contribution is -0.137. The summed E-state index contributed by atoms with van der Waals surface area (Å²) in [6.07, 6.45) is 7.82. The van der Waals surface area contributed by atoms with Crippen molar-refractivity contribution >= 4 is 17.9 Å². The number of allylic oxidation sites excluding steroid dienone is 1. The third-order valence-electron chi connectivity index (χ3n) is 3.48. The second kappa shape index (κ2) is 10.6. The molecule has 2 aromatic rings. The highest BCUT2D eigenvalue weighted by Gasteiger charge is 2.10. The number of aliphatic imine (C=N–C) groups is 1. The summed E-state index contributed by atoms with van der Waals surface area (Å²) in [5.41, 5.74) is 1.41. The highest BCUT2D eigenvalue weighted by atomic mass is 16.5. The van der Waals surface area contributed by atoms with Crippen molar-refractivity contribution in [1.29, 1.82) is 0 Å². The van der Waals surface area contributed by atoms with Gasteiger partial charge in [-0.3, -0.25) is 9.98 Å². The average Bonchev–Trinajstić information content (AvgIpc) is 2.70. The fraction of sp³-hybridized carbons (Fsp3) is 0.238. The first-order chi connectivity index (χ1) is 13.6. The van der Waals surface area contributed by atoms with E-state index in [0.717, 1.165) is 0 Å². The molecular weight excluding hydrogens is 358 g/mol. The number of rotatable bonds is 9. The van der Waals surface area contributed by atoms with E-state index in [-0.39, 0.29) is 0 Å². The molecule has 0 aliphatic rings. The quantitative estimate of drug-likeness (QED) is 0.367. The van der Waals surface area contributed by atoms with Crippen LogP contribution in [-0.2, 0) is 9.53 Å². The van der Waals surface area contributed by atoms with E-state index in [0.29, 0.717) is 47.4 Å². The van der Waals surface area contributed by atoms with E-state index >= 15 is 0 Å². The summed E-state index contributed by atoms with van der Waals surface area (Å²) >= 11 is 0. The molecule has 0 bridgehead atoms. The van der Waals surface area contributed by atoms with Gasteiger partial charge in [0.05, 0.1) is 30.7 Å². The Hall–Kier alpha value is -3.48. The predicted molar refractivity (Wildman–Crippen MR) is 108 cm³/mol. The standard InChI is InChI=1S/C21H23N3O4/c1-5-16(21(25)27-7-3)13-24-15(4)17-11-18(14-22-12-17)28-20-19(26-6-2)9-8-10-23-20/h5,8-14H,4,6-7H2,1-3H3/b16-5+,24-13?. The van der Waals surface area contributed by atoms with Crippen LogP contribution in [0.25, 0.3) is 5.70 Å². The Kier molecular flexibility index (Phi) is 7.90. The summed E-state index contributed by atoms with van der Waals surface area (Å²) in [6.45, 7) is 10.1. The normalized spacial score (nSPS) is 11.3. The number of carbonyl (C=O) groups is 1. The molecule has 0 saturated carbocycles. The van der Waals surface area contributed by atoms with Gasteiger partial charge >= 0.3 is 5.97 Å². The van der Waals surface area contributed by atoms with Crippen LogP contribution in [0, 0.1) is 0 Å². The van der Waals surface area contributed by atoms with Crippen LogP contribution in [0.15, 0.2) is 60.0 Å². The molecule has 7 nitrogen and oxygen atoms in total. The minimum absolute atomic E-state index is 0.297. The molecule has 0 fully saturated rings. The van der Waals surface area contributed by atoms with Gasteiger partial charge < -0.3 is 14.2 Å². The Morgan fingerprint density at radius 1 is 1.29 bits per heavy atom. The van der Waals surface area contributed by atoms with Gasteiger partial charge in [0.25, 0.3) is 5.88 Å². The van der Waals surface area contributed by atoms with Crippen molar-refractivity contribution in [2.75, 3.05) is 13.2 Å². The highest BCUT2D eigenvalue weighted by molar-refractivity contribution is 6.10. The van der Waals surface area contributed by atoms with E-state index in [1.54, 1.807) is 56.7 Å². The largest absolute Gasteiger partial charge is 0.488 e. The van der Waals surface area contributed by atoms with Gasteiger partial charge in [0.1, 0.15) is 5.75 Å². The van der Waals surface area contributed by atoms with Gasteiger partial charge in [-0.2, -0.15) is 0 Å². The van der Waals surface area contributed by atoms with Gasteiger partial charge in [0, 0.05) is 24.2 Å². The molecule has 2 heterocycles. The minimum Gasteiger partial charge on any atom is -0.488 e. The van der Waals surface area contributed by atoms with Gasteiger partial charge in [0.2, 0.25) is 0 Å². The van der Waals surface area contributed by atoms with Crippen molar-refractivity contribution in [3.63, 3.8) is 0 Å². The molecular formula is C21H23N3O4. The van der Waals surface area contributed by atoms with Crippen LogP contribution >= 0.6 is 0 Å². The topological polar surface area (TPSA) is 82.9 Å². The van der Waals surface area contributed by atoms with Crippen LogP contribution in [0.3, 0.4) is 0 Å². The van der Waals surface area contributed by atoms with E-state index < -0.39 is 5.97 Å². The van der Waals surface area contributed by atoms with Crippen LogP contribution in [-0.4, -0.2) is 35.4 Å². The number of hydrogen-bond donors (Lipinski definition) is 0. The number of esters is 1. The Morgan fingerprint density at radius 2 is 2.11 bits per heavy atom. The molecule has 0 aliphatic carbocycles. The molecule has 0 spiro atoms. The second-order valence-electron chi connectivity index (χ2n) is 5.42. The molecule has 0 aromatic carbocycles. The van der Waals surface area contributed by atoms with Crippen molar-refractivity contribution < 1.29 is 19.0 Å². The monoisotopic (exact) mass is 381 g/mol. The first-order valence-corrected chi connectivity index (χ1v) is 8.86. The summed E-state index contributed by atoms with van der Waals surface area (Å²) in [4.78, 5) is 24.4. The van der Waals surface area contributed by atoms with Crippen LogP contribution < -0.4 is 9.47 Å². The Morgan fingerprint density at radius 3 is 2.82 bits per heavy atom. The van der Waals surface area contributed by atoms with Gasteiger partial charge in [0.15, 0.2) is 5.75 Å². The average molecular weight is 381 g/mol. The van der Waals surface area contributed by atoms with E-state index in [1.165, 1.54) is 6.21 Å². The van der Waals surface area contributed by atoms with E-state index in [2.05, 4.69) is 21.5 Å². The molecule has 2 aromatic heterocycles. The van der Waals surface area contributed by atoms with Crippen molar-refractivity contribution in [3.05, 3.63) is 60.6 Å². The van der Waals surface area contributed by atoms with Crippen LogP contribution in [0.2, 0.25) is 0 Å². The lowest BCUT2D eigenvalue weighted by Crippen LogP contribution is -2.08. The van der Waals surface area contributed by atoms with Gasteiger partial charge in [-0.05, 0) is 39.0 Å². The summed E-state index contributed by atoms with van der Waals surface area (Å²) in [5.74, 6) is 0.913. The summed E-state index contributed by atoms with van der Waals surface area (Å²) < 4.78 is 16.3. The summed E-state index contributed by atoms with van der Waals surface area (Å²) in [7, 11) is 0. The molecule has 146 valence electrons. The fourth-order valence-corrected chi connectivity index (χ4v) is 2.14. The Balaban J connectivity index is 2.15. The third-order valence-corrected chi connectivity index (χ3v) is 3.48. The van der Waals surface area contributed by atoms with Crippen molar-refractivity contribution in [1.82, 2.24) is 9.97 Å². The zero-order valence-electron chi connectivity index (χ0n) is 16.2. The van der Waals surface area contributed by atoms with Crippen LogP contribution in [0.5, 0.6) is 17.4 Å². The van der Waals surface area contributed by atoms with Crippen molar-refractivity contribution in [3.8, 4) is 17.4 Å². The predicted octanol–water partition coefficient (Wildman–Crippen LogP) is 4.22. The molecule has 0 amide bonds. The molecule has 0 atom stereocenters. The maximum Gasteiger partial charge on any atom is 0.339 e. The summed E-state index contributed by atoms with van der Waals surface area (Å²) in [6, 6.07) is 5.28. The Bertz CT molecular complexity index is 891. The molecule has 0 N–H and O–H groups in total. The maximum absolute atomic E-state index is 11.8. The number of aromatic nitrogens is 2. The van der Waals surface area contributed by atoms with Gasteiger partial charge in [-0.1, -0.05) is 12.7 Å². The van der Waals surface area contributed by atoms with Crippen LogP contribution in [0.4, 0.5) is 0 Å². The van der Waals surface area contributed by atoms with E-state index in [9.17, 15) is 4.79 Å². The first-order valence-electron chi connectivity index (χ1n) is 8.86. The number of carbonyl (C=O) groups excluding carboxylic acids is 1. The molecule has 0 radical (unpaired) electrons. The first kappa shape index (κ1) is 20.8. The highest BCUT2D eigenvalue weighted by Crippen LogP contribution is 2.29. The fourth-order valence-electron chi connectivity index (χ4n) is 2.14. The molecule has 0 aliphatic heterocycles. The van der Waals surface area contributed by atoms with Gasteiger partial charge in [-0.15, -0.1) is 0 Å². The van der Waals surface area contributed by atoms with Crippen LogP contribution in [0.1, 0.15) is 26.3 Å². The maximum atomic E-state index is 11.8. The number of ether oxygens (including phenoxy) is 3. The smallest absolute Gasteiger partial charge is 0.339 e. The van der Waals surface area contributed by atoms with E-state index in [4.69, 9.17) is 14.2 Å². The molecule has 0 saturated heterocycles. The number of hydrogen-bond acceptors (Lipinski definition) is 7. The molecule has 2 rings (SSSR count). The SMILES string of the molecule is C=C(N=C/C(=C\C)C(=O)OCC)c1cncc(Oc2ncccc2OCC)c1. The summed E-state index contributed by atoms with van der Waals surface area (Å²) in [5, 5.41) is 0. The minimum atomic E-state index is -0.435.